The van der Waals surface area contributed by atoms with Gasteiger partial charge in [-0.3, -0.25) is 24.0 Å². The number of anilines is 2. The molecule has 4 N–H and O–H groups in total. The summed E-state index contributed by atoms with van der Waals surface area (Å²) in [5.74, 6) is -0.887. The van der Waals surface area contributed by atoms with E-state index in [0.717, 1.165) is 33.6 Å². The smallest absolute Gasteiger partial charge is 0.335 e. The van der Waals surface area contributed by atoms with Crippen molar-refractivity contribution >= 4 is 92.8 Å². The van der Waals surface area contributed by atoms with E-state index in [2.05, 4.69) is 25.3 Å². The number of hydrogen-bond acceptors (Lipinski definition) is 13. The minimum atomic E-state index is -1.02. The highest BCUT2D eigenvalue weighted by Crippen LogP contribution is 2.29. The summed E-state index contributed by atoms with van der Waals surface area (Å²) >= 11 is 15.1. The molecule has 0 unspecified atom stereocenters. The summed E-state index contributed by atoms with van der Waals surface area (Å²) in [5.41, 5.74) is 16.7. The largest absolute Gasteiger partial charge is 0.478 e. The van der Waals surface area contributed by atoms with E-state index >= 15 is 0 Å². The first-order valence-electron chi connectivity index (χ1n) is 23.4. The number of carbonyl (C=O) groups is 6. The van der Waals surface area contributed by atoms with Gasteiger partial charge in [-0.1, -0.05) is 59.6 Å². The fourth-order valence-electron chi connectivity index (χ4n) is 8.39. The first kappa shape index (κ1) is 53.3. The summed E-state index contributed by atoms with van der Waals surface area (Å²) < 4.78 is 0. The van der Waals surface area contributed by atoms with Gasteiger partial charge in [-0.05, 0) is 120 Å². The topological polar surface area (TPSA) is 219 Å². The Hall–Kier alpha value is -7.96. The second-order valence-corrected chi connectivity index (χ2v) is 20.1. The number of Topliss-reactive ketones (excluding diaryl/α,β-unsaturated/α-hetero) is 2. The van der Waals surface area contributed by atoms with Crippen LogP contribution in [0.4, 0.5) is 11.6 Å². The van der Waals surface area contributed by atoms with Crippen LogP contribution in [-0.4, -0.2) is 82.2 Å². The molecule has 8 aromatic rings. The van der Waals surface area contributed by atoms with Crippen LogP contribution < -0.4 is 11.1 Å². The number of nitrogens with two attached hydrogens (primary N) is 1. The third-order valence-electron chi connectivity index (χ3n) is 12.3. The summed E-state index contributed by atoms with van der Waals surface area (Å²) in [7, 11) is 0. The van der Waals surface area contributed by atoms with Crippen LogP contribution in [0.2, 0.25) is 10.0 Å². The Morgan fingerprint density at radius 3 is 1.49 bits per heavy atom. The molecule has 3 amide bonds. The molecule has 75 heavy (non-hydrogen) atoms. The molecule has 0 aliphatic carbocycles. The molecular weight excluding hydrogens is 1030 g/mol. The fraction of sp³-hybridized carbons (Fsp3) is 0.179. The van der Waals surface area contributed by atoms with Gasteiger partial charge >= 0.3 is 5.97 Å². The molecule has 0 saturated carbocycles. The number of carboxylic acid groups (broad SMARTS) is 1. The van der Waals surface area contributed by atoms with Crippen molar-refractivity contribution in [1.82, 2.24) is 29.7 Å². The Balaban J connectivity index is 0.000000176. The normalized spacial score (nSPS) is 15.0. The van der Waals surface area contributed by atoms with Gasteiger partial charge in [0.05, 0.1) is 40.1 Å². The number of aromatic nitrogens is 4. The Labute approximate surface area is 450 Å². The third kappa shape index (κ3) is 13.8. The van der Waals surface area contributed by atoms with Gasteiger partial charge in [0.25, 0.3) is 17.7 Å². The lowest BCUT2D eigenvalue weighted by Gasteiger charge is -2.29. The number of halogens is 2. The lowest BCUT2D eigenvalue weighted by atomic mass is 9.99. The number of benzene rings is 4. The highest BCUT2D eigenvalue weighted by Gasteiger charge is 2.37. The maximum atomic E-state index is 13.7. The summed E-state index contributed by atoms with van der Waals surface area (Å²) in [6.45, 7) is 4.30. The van der Waals surface area contributed by atoms with Crippen LogP contribution in [0.1, 0.15) is 86.2 Å². The second-order valence-electron chi connectivity index (χ2n) is 17.8. The monoisotopic (exact) mass is 1080 g/mol. The standard InChI is InChI=1S/C28H23ClN4O3S.C22H17ClN2O4S.C6H8N2/c1-17-2-9-26(30-13-17)32-27(35)19-5-3-18(4-6-19)14-33-24(12-22-15-37-16-31-22)25(34)11-20-10-21(29)7-8-23(20)28(33)36;23-16-5-6-18-15(7-16)8-20(26)19(9-17-11-30-12-24-17)25(21(18)27)10-13-1-3-14(4-2-13)22(28)29;1-5-2-3-6(7)8-4-5/h2-10,13,15-16,24H,11-12,14H2,1H3,(H,30,32,35);1-7,11-12,19H,8-10H2,(H,28,29);2-4H,1H3,(H2,7,8)/t24-;19-;/m00./s1. The maximum Gasteiger partial charge on any atom is 0.335 e. The van der Waals surface area contributed by atoms with Crippen LogP contribution >= 0.6 is 45.9 Å². The lowest BCUT2D eigenvalue weighted by Crippen LogP contribution is -2.44. The van der Waals surface area contributed by atoms with E-state index < -0.39 is 18.1 Å². The third-order valence-corrected chi connectivity index (χ3v) is 14.1. The van der Waals surface area contributed by atoms with Gasteiger partial charge in [0.2, 0.25) is 0 Å². The van der Waals surface area contributed by atoms with Crippen molar-refractivity contribution in [2.45, 2.75) is 64.7 Å². The molecule has 19 heteroatoms. The molecule has 10 rings (SSSR count). The summed E-state index contributed by atoms with van der Waals surface area (Å²) in [6.07, 6.45) is 4.33. The molecule has 380 valence electrons. The predicted octanol–water partition coefficient (Wildman–Crippen LogP) is 9.98. The van der Waals surface area contributed by atoms with E-state index in [1.54, 1.807) is 118 Å². The van der Waals surface area contributed by atoms with Crippen molar-refractivity contribution in [1.29, 1.82) is 0 Å². The number of nitrogens with zero attached hydrogens (tertiary/aromatic N) is 6. The van der Waals surface area contributed by atoms with E-state index in [1.807, 2.05) is 36.7 Å². The van der Waals surface area contributed by atoms with Gasteiger partial charge in [-0.15, -0.1) is 22.7 Å². The van der Waals surface area contributed by atoms with Gasteiger partial charge < -0.3 is 26.0 Å². The number of pyridine rings is 2. The number of fused-ring (bicyclic) bond motifs is 2. The molecule has 0 saturated heterocycles. The van der Waals surface area contributed by atoms with Crippen molar-refractivity contribution in [2.75, 3.05) is 11.1 Å². The summed E-state index contributed by atoms with van der Waals surface area (Å²) in [6, 6.07) is 29.3. The van der Waals surface area contributed by atoms with Crippen LogP contribution in [0.5, 0.6) is 0 Å². The highest BCUT2D eigenvalue weighted by molar-refractivity contribution is 7.07. The van der Waals surface area contributed by atoms with Gasteiger partial charge in [-0.25, -0.2) is 24.7 Å². The zero-order chi connectivity index (χ0) is 53.2. The Bertz CT molecular complexity index is 3320. The number of rotatable bonds is 11. The molecule has 0 spiro atoms. The van der Waals surface area contributed by atoms with Gasteiger partial charge in [0, 0.05) is 88.7 Å². The highest BCUT2D eigenvalue weighted by atomic mass is 35.5. The first-order chi connectivity index (χ1) is 36.1. The number of nitrogens with one attached hydrogen (secondary N) is 1. The number of nitrogen functional groups attached to an aromatic ring is 1. The van der Waals surface area contributed by atoms with Crippen LogP contribution in [0.15, 0.2) is 143 Å². The zero-order valence-corrected chi connectivity index (χ0v) is 43.6. The molecule has 4 aromatic heterocycles. The molecule has 15 nitrogen and oxygen atoms in total. The number of amides is 3. The van der Waals surface area contributed by atoms with Gasteiger partial charge in [0.1, 0.15) is 11.6 Å². The minimum absolute atomic E-state index is 0.0658. The van der Waals surface area contributed by atoms with Crippen LogP contribution in [0, 0.1) is 13.8 Å². The SMILES string of the molecule is Cc1ccc(N)nc1.Cc1ccc(NC(=O)c2ccc(CN3C(=O)c4ccc(Cl)cc4CC(=O)[C@@H]3Cc3cscn3)cc2)nc1.O=C(O)c1ccc(CN2C(=O)c3ccc(Cl)cc3CC(=O)[C@@H]2Cc2cscn2)cc1. The predicted molar refractivity (Wildman–Crippen MR) is 289 cm³/mol. The molecule has 2 atom stereocenters. The molecule has 2 aliphatic heterocycles. The van der Waals surface area contributed by atoms with Gasteiger partial charge in [0.15, 0.2) is 11.6 Å². The fourth-order valence-corrected chi connectivity index (χ4v) is 9.92. The van der Waals surface area contributed by atoms with E-state index in [-0.39, 0.29) is 60.8 Å². The molecule has 0 bridgehead atoms. The number of aromatic carboxylic acids is 1. The minimum Gasteiger partial charge on any atom is -0.478 e. The maximum absolute atomic E-state index is 13.7. The van der Waals surface area contributed by atoms with Crippen molar-refractivity contribution in [3.05, 3.63) is 220 Å². The number of thiazole rings is 2. The lowest BCUT2D eigenvalue weighted by molar-refractivity contribution is -0.123. The Morgan fingerprint density at radius 1 is 0.627 bits per heavy atom. The average molecular weight is 1080 g/mol. The molecule has 4 aromatic carbocycles. The summed E-state index contributed by atoms with van der Waals surface area (Å²) in [4.78, 5) is 97.3. The van der Waals surface area contributed by atoms with Crippen LogP contribution in [0.25, 0.3) is 0 Å². The Kier molecular flexibility index (Phi) is 17.3. The van der Waals surface area contributed by atoms with Crippen LogP contribution in [-0.2, 0) is 48.4 Å². The molecule has 0 fully saturated rings. The van der Waals surface area contributed by atoms with E-state index in [0.29, 0.717) is 62.3 Å². The quantitative estimate of drug-likeness (QED) is 0.110. The Morgan fingerprint density at radius 2 is 1.09 bits per heavy atom. The van der Waals surface area contributed by atoms with Crippen LogP contribution in [0.3, 0.4) is 0 Å². The van der Waals surface area contributed by atoms with Crippen molar-refractivity contribution in [3.63, 3.8) is 0 Å². The molecule has 6 heterocycles. The summed E-state index contributed by atoms with van der Waals surface area (Å²) in [5, 5.41) is 16.6. The molecular formula is C56H48Cl2N8O7S2. The second kappa shape index (κ2) is 24.4. The van der Waals surface area contributed by atoms with Crippen molar-refractivity contribution in [3.8, 4) is 0 Å². The number of hydrogen-bond donors (Lipinski definition) is 3. The van der Waals surface area contributed by atoms with Crippen molar-refractivity contribution in [2.24, 2.45) is 0 Å². The zero-order valence-electron chi connectivity index (χ0n) is 40.5. The van der Waals surface area contributed by atoms with E-state index in [1.165, 1.54) is 34.8 Å². The molecule has 2 aliphatic rings. The first-order valence-corrected chi connectivity index (χ1v) is 26.0. The number of carboxylic acids is 1. The number of ketones is 2. The molecule has 0 radical (unpaired) electrons. The number of carbonyl (C=O) groups excluding carboxylic acids is 5. The van der Waals surface area contributed by atoms with E-state index in [9.17, 15) is 28.8 Å². The average Bonchev–Trinajstić information content (AvgIpc) is 4.10. The van der Waals surface area contributed by atoms with Crippen molar-refractivity contribution < 1.29 is 33.9 Å². The van der Waals surface area contributed by atoms with Gasteiger partial charge in [-0.2, -0.15) is 0 Å². The van der Waals surface area contributed by atoms with E-state index in [4.69, 9.17) is 34.0 Å². The number of aryl methyl sites for hydroxylation is 2.